The zero-order chi connectivity index (χ0) is 17.9. The minimum absolute atomic E-state index is 0.0538. The highest BCUT2D eigenvalue weighted by molar-refractivity contribution is 7.92. The van der Waals surface area contributed by atoms with Crippen LogP contribution in [0.5, 0.6) is 0 Å². The van der Waals surface area contributed by atoms with Crippen LogP contribution in [0.4, 0.5) is 5.69 Å². The predicted octanol–water partition coefficient (Wildman–Crippen LogP) is 2.94. The Bertz CT molecular complexity index is 808. The molecule has 2 aromatic rings. The standard InChI is InChI=1S/C18H26N4O2S/c1-15(2)11-22-13-18(19-14-22)25(23,24)20-17-7-5-6-16(10-17)12-21-8-3-4-9-21/h5-7,10,13-15,20H,3-4,8-9,11-12H2,1-2H3. The van der Waals surface area contributed by atoms with Crippen molar-refractivity contribution in [3.63, 3.8) is 0 Å². The third-order valence-corrected chi connectivity index (χ3v) is 5.51. The molecule has 2 heterocycles. The van der Waals surface area contributed by atoms with E-state index in [4.69, 9.17) is 0 Å². The predicted molar refractivity (Wildman–Crippen MR) is 98.8 cm³/mol. The second-order valence-electron chi connectivity index (χ2n) is 7.09. The number of rotatable bonds is 7. The van der Waals surface area contributed by atoms with Gasteiger partial charge in [-0.05, 0) is 49.5 Å². The van der Waals surface area contributed by atoms with Crippen molar-refractivity contribution < 1.29 is 8.42 Å². The van der Waals surface area contributed by atoms with Gasteiger partial charge in [0.05, 0.1) is 6.33 Å². The second kappa shape index (κ2) is 7.58. The van der Waals surface area contributed by atoms with Crippen molar-refractivity contribution in [1.82, 2.24) is 14.5 Å². The lowest BCUT2D eigenvalue weighted by molar-refractivity contribution is 0.331. The fourth-order valence-corrected chi connectivity index (χ4v) is 4.14. The number of benzene rings is 1. The van der Waals surface area contributed by atoms with Crippen LogP contribution in [0.1, 0.15) is 32.3 Å². The third-order valence-electron chi connectivity index (χ3n) is 4.24. The first kappa shape index (κ1) is 17.9. The zero-order valence-corrected chi connectivity index (χ0v) is 15.7. The number of anilines is 1. The molecule has 1 aromatic heterocycles. The van der Waals surface area contributed by atoms with Gasteiger partial charge in [-0.2, -0.15) is 8.42 Å². The van der Waals surface area contributed by atoms with E-state index in [1.54, 1.807) is 18.6 Å². The Balaban J connectivity index is 1.70. The van der Waals surface area contributed by atoms with Crippen molar-refractivity contribution in [2.75, 3.05) is 17.8 Å². The minimum Gasteiger partial charge on any atom is -0.336 e. The van der Waals surface area contributed by atoms with Crippen LogP contribution in [-0.2, 0) is 23.1 Å². The van der Waals surface area contributed by atoms with Gasteiger partial charge in [0.15, 0.2) is 5.03 Å². The average molecular weight is 362 g/mol. The minimum atomic E-state index is -3.67. The molecule has 6 nitrogen and oxygen atoms in total. The summed E-state index contributed by atoms with van der Waals surface area (Å²) in [4.78, 5) is 6.44. The van der Waals surface area contributed by atoms with Crippen molar-refractivity contribution in [3.05, 3.63) is 42.4 Å². The van der Waals surface area contributed by atoms with E-state index in [1.807, 2.05) is 22.8 Å². The van der Waals surface area contributed by atoms with Gasteiger partial charge in [-0.3, -0.25) is 9.62 Å². The molecule has 1 N–H and O–H groups in total. The largest absolute Gasteiger partial charge is 0.336 e. The van der Waals surface area contributed by atoms with E-state index >= 15 is 0 Å². The number of sulfonamides is 1. The number of nitrogens with zero attached hydrogens (tertiary/aromatic N) is 3. The molecule has 0 atom stereocenters. The lowest BCUT2D eigenvalue weighted by Gasteiger charge is -2.15. The molecular weight excluding hydrogens is 336 g/mol. The van der Waals surface area contributed by atoms with Crippen molar-refractivity contribution >= 4 is 15.7 Å². The molecule has 1 fully saturated rings. The fourth-order valence-electron chi connectivity index (χ4n) is 3.14. The van der Waals surface area contributed by atoms with E-state index in [9.17, 15) is 8.42 Å². The summed E-state index contributed by atoms with van der Waals surface area (Å²) < 4.78 is 29.6. The van der Waals surface area contributed by atoms with E-state index < -0.39 is 10.0 Å². The first-order valence-electron chi connectivity index (χ1n) is 8.78. The Hall–Kier alpha value is -1.86. The quantitative estimate of drug-likeness (QED) is 0.822. The molecule has 136 valence electrons. The highest BCUT2D eigenvalue weighted by Gasteiger charge is 2.18. The topological polar surface area (TPSA) is 67.2 Å². The first-order valence-corrected chi connectivity index (χ1v) is 10.3. The van der Waals surface area contributed by atoms with Crippen LogP contribution >= 0.6 is 0 Å². The van der Waals surface area contributed by atoms with Crippen molar-refractivity contribution in [3.8, 4) is 0 Å². The molecule has 0 spiro atoms. The summed E-state index contributed by atoms with van der Waals surface area (Å²) in [5, 5.41) is 0.0538. The molecule has 1 aromatic carbocycles. The van der Waals surface area contributed by atoms with Crippen LogP contribution in [0.25, 0.3) is 0 Å². The average Bonchev–Trinajstić information content (AvgIpc) is 3.18. The maximum absolute atomic E-state index is 12.6. The first-order chi connectivity index (χ1) is 11.9. The lowest BCUT2D eigenvalue weighted by Crippen LogP contribution is -2.18. The Morgan fingerprint density at radius 2 is 2.00 bits per heavy atom. The van der Waals surface area contributed by atoms with E-state index in [0.29, 0.717) is 11.6 Å². The number of imidazole rings is 1. The normalized spacial score (nSPS) is 15.8. The SMILES string of the molecule is CC(C)Cn1cnc(S(=O)(=O)Nc2cccc(CN3CCCC3)c2)c1. The van der Waals surface area contributed by atoms with E-state index in [-0.39, 0.29) is 5.03 Å². The van der Waals surface area contributed by atoms with E-state index in [0.717, 1.165) is 31.7 Å². The zero-order valence-electron chi connectivity index (χ0n) is 14.9. The van der Waals surface area contributed by atoms with Crippen LogP contribution in [0, 0.1) is 5.92 Å². The molecule has 1 aliphatic rings. The van der Waals surface area contributed by atoms with Crippen molar-refractivity contribution in [2.45, 2.75) is 44.8 Å². The summed E-state index contributed by atoms with van der Waals surface area (Å²) >= 11 is 0. The molecule has 0 aliphatic carbocycles. The summed E-state index contributed by atoms with van der Waals surface area (Å²) in [5.74, 6) is 0.431. The highest BCUT2D eigenvalue weighted by Crippen LogP contribution is 2.19. The summed E-state index contributed by atoms with van der Waals surface area (Å²) in [6.07, 6.45) is 5.63. The monoisotopic (exact) mass is 362 g/mol. The summed E-state index contributed by atoms with van der Waals surface area (Å²) in [6, 6.07) is 7.60. The van der Waals surface area contributed by atoms with Crippen LogP contribution in [0.3, 0.4) is 0 Å². The molecule has 1 saturated heterocycles. The van der Waals surface area contributed by atoms with Gasteiger partial charge in [-0.1, -0.05) is 26.0 Å². The van der Waals surface area contributed by atoms with Gasteiger partial charge in [0, 0.05) is 25.0 Å². The maximum Gasteiger partial charge on any atom is 0.280 e. The van der Waals surface area contributed by atoms with Crippen molar-refractivity contribution in [1.29, 1.82) is 0 Å². The number of aromatic nitrogens is 2. The smallest absolute Gasteiger partial charge is 0.280 e. The van der Waals surface area contributed by atoms with Gasteiger partial charge in [-0.25, -0.2) is 4.98 Å². The molecule has 0 bridgehead atoms. The van der Waals surface area contributed by atoms with Gasteiger partial charge in [0.25, 0.3) is 10.0 Å². The molecule has 1 aliphatic heterocycles. The van der Waals surface area contributed by atoms with Crippen LogP contribution in [0.15, 0.2) is 41.8 Å². The summed E-state index contributed by atoms with van der Waals surface area (Å²) in [7, 11) is -3.67. The summed E-state index contributed by atoms with van der Waals surface area (Å²) in [6.45, 7) is 8.00. The molecule has 25 heavy (non-hydrogen) atoms. The van der Waals surface area contributed by atoms with Gasteiger partial charge >= 0.3 is 0 Å². The number of hydrogen-bond donors (Lipinski definition) is 1. The van der Waals surface area contributed by atoms with Crippen LogP contribution < -0.4 is 4.72 Å². The van der Waals surface area contributed by atoms with Crippen LogP contribution in [-0.4, -0.2) is 36.0 Å². The molecular formula is C18H26N4O2S. The number of hydrogen-bond acceptors (Lipinski definition) is 4. The molecule has 0 radical (unpaired) electrons. The molecule has 7 heteroatoms. The second-order valence-corrected chi connectivity index (χ2v) is 8.72. The van der Waals surface area contributed by atoms with E-state index in [2.05, 4.69) is 28.5 Å². The summed E-state index contributed by atoms with van der Waals surface area (Å²) in [5.41, 5.74) is 1.70. The van der Waals surface area contributed by atoms with E-state index in [1.165, 1.54) is 12.8 Å². The van der Waals surface area contributed by atoms with Gasteiger partial charge in [-0.15, -0.1) is 0 Å². The van der Waals surface area contributed by atoms with Crippen LogP contribution in [0.2, 0.25) is 0 Å². The Morgan fingerprint density at radius 3 is 2.72 bits per heavy atom. The van der Waals surface area contributed by atoms with Gasteiger partial charge in [0.2, 0.25) is 0 Å². The van der Waals surface area contributed by atoms with Gasteiger partial charge < -0.3 is 4.57 Å². The Morgan fingerprint density at radius 1 is 1.24 bits per heavy atom. The highest BCUT2D eigenvalue weighted by atomic mass is 32.2. The van der Waals surface area contributed by atoms with Gasteiger partial charge in [0.1, 0.15) is 0 Å². The molecule has 3 rings (SSSR count). The number of likely N-dealkylation sites (tertiary alicyclic amines) is 1. The molecule has 0 unspecified atom stereocenters. The molecule has 0 saturated carbocycles. The third kappa shape index (κ3) is 4.83. The lowest BCUT2D eigenvalue weighted by atomic mass is 10.2. The van der Waals surface area contributed by atoms with Crippen molar-refractivity contribution in [2.24, 2.45) is 5.92 Å². The fraction of sp³-hybridized carbons (Fsp3) is 0.500. The number of nitrogens with one attached hydrogen (secondary N) is 1. The Kier molecular flexibility index (Phi) is 5.44. The molecule has 0 amide bonds. The Labute approximate surface area is 149 Å². The maximum atomic E-state index is 12.6.